The third-order valence-electron chi connectivity index (χ3n) is 4.63. The number of ether oxygens (including phenoxy) is 3. The molecule has 26 heavy (non-hydrogen) atoms. The fourth-order valence-corrected chi connectivity index (χ4v) is 3.59. The van der Waals surface area contributed by atoms with Crippen molar-refractivity contribution in [3.63, 3.8) is 0 Å². The van der Waals surface area contributed by atoms with Gasteiger partial charge in [-0.3, -0.25) is 10.2 Å². The third-order valence-corrected chi connectivity index (χ3v) is 4.63. The second-order valence-electron chi connectivity index (χ2n) is 5.82. The van der Waals surface area contributed by atoms with Crippen molar-refractivity contribution in [1.82, 2.24) is 0 Å². The molecule has 0 spiro atoms. The lowest BCUT2D eigenvalue weighted by Gasteiger charge is -2.26. The number of phenolic OH excluding ortho intramolecular Hbond substituents is 1. The zero-order valence-electron chi connectivity index (χ0n) is 14.4. The molecule has 0 unspecified atom stereocenters. The average Bonchev–Trinajstić information content (AvgIpc) is 2.65. The lowest BCUT2D eigenvalue weighted by Crippen LogP contribution is -2.28. The van der Waals surface area contributed by atoms with Gasteiger partial charge in [0.2, 0.25) is 5.75 Å². The minimum Gasteiger partial charge on any atom is -0.504 e. The van der Waals surface area contributed by atoms with Crippen molar-refractivity contribution >= 4 is 38.9 Å². The van der Waals surface area contributed by atoms with Gasteiger partial charge in [-0.2, -0.15) is 0 Å². The molecule has 3 N–H and O–H groups in total. The highest BCUT2D eigenvalue weighted by Gasteiger charge is 2.34. The summed E-state index contributed by atoms with van der Waals surface area (Å²) in [6, 6.07) is 7.49. The van der Waals surface area contributed by atoms with E-state index in [-0.39, 0.29) is 22.8 Å². The van der Waals surface area contributed by atoms with Gasteiger partial charge >= 0.3 is 0 Å². The lowest BCUT2D eigenvalue weighted by atomic mass is 9.89. The Balaban J connectivity index is 2.41. The van der Waals surface area contributed by atoms with E-state index in [2.05, 4.69) is 5.32 Å². The Bertz CT molecular complexity index is 1120. The number of phenols is 1. The van der Waals surface area contributed by atoms with Crippen LogP contribution in [0.1, 0.15) is 5.56 Å². The van der Waals surface area contributed by atoms with Crippen LogP contribution in [0.2, 0.25) is 0 Å². The number of aromatic hydroxyl groups is 1. The van der Waals surface area contributed by atoms with Gasteiger partial charge in [-0.15, -0.1) is 0 Å². The van der Waals surface area contributed by atoms with Crippen LogP contribution in [-0.2, 0) is 4.79 Å². The molecule has 7 nitrogen and oxygen atoms in total. The van der Waals surface area contributed by atoms with Crippen LogP contribution < -0.4 is 19.5 Å². The van der Waals surface area contributed by atoms with Gasteiger partial charge in [0, 0.05) is 16.2 Å². The molecule has 0 bridgehead atoms. The number of hydrogen-bond acceptors (Lipinski definition) is 6. The maximum Gasteiger partial charge on any atom is 0.274 e. The van der Waals surface area contributed by atoms with E-state index in [4.69, 9.17) is 19.6 Å². The van der Waals surface area contributed by atoms with E-state index in [1.165, 1.54) is 21.3 Å². The largest absolute Gasteiger partial charge is 0.504 e. The first kappa shape index (κ1) is 16.0. The van der Waals surface area contributed by atoms with Crippen molar-refractivity contribution in [2.24, 2.45) is 0 Å². The Labute approximate surface area is 148 Å². The monoisotopic (exact) mass is 352 g/mol. The second kappa shape index (κ2) is 5.52. The summed E-state index contributed by atoms with van der Waals surface area (Å²) in [4.78, 5) is 12.3. The third kappa shape index (κ3) is 1.82. The molecule has 0 aromatic heterocycles. The number of carbonyl (C=O) groups is 1. The molecule has 3 aromatic carbocycles. The SMILES string of the molecule is COc1c(O)c2c3c(c(OC)c4ccccc4c3c1OC)NC(=O)C2=N. The number of nitrogens with one attached hydrogen (secondary N) is 2. The molecule has 0 aliphatic carbocycles. The van der Waals surface area contributed by atoms with E-state index < -0.39 is 5.91 Å². The number of methoxy groups -OCH3 is 3. The highest BCUT2D eigenvalue weighted by Crippen LogP contribution is 2.54. The minimum atomic E-state index is -0.630. The molecule has 1 aliphatic heterocycles. The first-order valence-corrected chi connectivity index (χ1v) is 7.84. The van der Waals surface area contributed by atoms with Crippen molar-refractivity contribution in [3.8, 4) is 23.0 Å². The van der Waals surface area contributed by atoms with E-state index in [0.29, 0.717) is 28.0 Å². The smallest absolute Gasteiger partial charge is 0.274 e. The molecule has 0 atom stereocenters. The van der Waals surface area contributed by atoms with Gasteiger partial charge in [0.15, 0.2) is 17.2 Å². The summed E-state index contributed by atoms with van der Waals surface area (Å²) in [6.07, 6.45) is 0. The molecule has 0 radical (unpaired) electrons. The predicted molar refractivity (Wildman–Crippen MR) is 98.2 cm³/mol. The van der Waals surface area contributed by atoms with Gasteiger partial charge in [0.25, 0.3) is 5.91 Å². The fourth-order valence-electron chi connectivity index (χ4n) is 3.59. The molecule has 1 heterocycles. The van der Waals surface area contributed by atoms with E-state index in [1.807, 2.05) is 24.3 Å². The minimum absolute atomic E-state index is 0.0794. The van der Waals surface area contributed by atoms with Crippen LogP contribution in [0.25, 0.3) is 21.5 Å². The first-order chi connectivity index (χ1) is 12.5. The van der Waals surface area contributed by atoms with Gasteiger partial charge < -0.3 is 24.6 Å². The second-order valence-corrected chi connectivity index (χ2v) is 5.82. The summed E-state index contributed by atoms with van der Waals surface area (Å²) in [5.41, 5.74) is 0.146. The van der Waals surface area contributed by atoms with Crippen molar-refractivity contribution in [1.29, 1.82) is 5.41 Å². The summed E-state index contributed by atoms with van der Waals surface area (Å²) in [7, 11) is 4.39. The fraction of sp³-hybridized carbons (Fsp3) is 0.158. The molecule has 3 aromatic rings. The van der Waals surface area contributed by atoms with E-state index in [9.17, 15) is 9.90 Å². The summed E-state index contributed by atoms with van der Waals surface area (Å²) in [5.74, 6) is -0.0736. The van der Waals surface area contributed by atoms with Crippen LogP contribution in [0.5, 0.6) is 23.0 Å². The number of benzene rings is 3. The van der Waals surface area contributed by atoms with Gasteiger partial charge in [-0.05, 0) is 5.39 Å². The summed E-state index contributed by atoms with van der Waals surface area (Å²) >= 11 is 0. The standard InChI is InChI=1S/C19H16N2O5/c1-24-16-9-7-5-4-6-8(9)10-11-12(13(20)19(23)21-14(11)16)15(22)18(26-3)17(10)25-2/h4-7,20,22H,1-3H3,(H,21,23). The van der Waals surface area contributed by atoms with E-state index >= 15 is 0 Å². The Hall–Kier alpha value is -3.48. The molecule has 132 valence electrons. The molecule has 0 saturated carbocycles. The molecule has 7 heteroatoms. The molecule has 1 aliphatic rings. The number of hydrogen-bond donors (Lipinski definition) is 3. The highest BCUT2D eigenvalue weighted by atomic mass is 16.5. The Morgan fingerprint density at radius 3 is 2.15 bits per heavy atom. The van der Waals surface area contributed by atoms with Gasteiger partial charge in [0.05, 0.1) is 32.6 Å². The normalized spacial score (nSPS) is 13.0. The summed E-state index contributed by atoms with van der Waals surface area (Å²) in [5, 5.41) is 24.3. The van der Waals surface area contributed by atoms with Crippen LogP contribution in [0, 0.1) is 5.41 Å². The maximum atomic E-state index is 12.3. The Morgan fingerprint density at radius 1 is 0.923 bits per heavy atom. The van der Waals surface area contributed by atoms with Gasteiger partial charge in [-0.1, -0.05) is 24.3 Å². The van der Waals surface area contributed by atoms with Crippen LogP contribution in [0.4, 0.5) is 5.69 Å². The van der Waals surface area contributed by atoms with Crippen LogP contribution in [0.3, 0.4) is 0 Å². The molecular formula is C19H16N2O5. The Kier molecular flexibility index (Phi) is 3.40. The van der Waals surface area contributed by atoms with E-state index in [0.717, 1.165) is 10.8 Å². The molecule has 0 saturated heterocycles. The quantitative estimate of drug-likeness (QED) is 0.629. The van der Waals surface area contributed by atoms with Gasteiger partial charge in [-0.25, -0.2) is 0 Å². The number of rotatable bonds is 3. The van der Waals surface area contributed by atoms with E-state index in [1.54, 1.807) is 0 Å². The zero-order chi connectivity index (χ0) is 18.6. The van der Waals surface area contributed by atoms with Crippen LogP contribution >= 0.6 is 0 Å². The lowest BCUT2D eigenvalue weighted by molar-refractivity contribution is -0.110. The molecule has 0 fully saturated rings. The van der Waals surface area contributed by atoms with Crippen molar-refractivity contribution in [2.45, 2.75) is 0 Å². The summed E-state index contributed by atoms with van der Waals surface area (Å²) < 4.78 is 16.4. The topological polar surface area (TPSA) is 101 Å². The Morgan fingerprint density at radius 2 is 1.54 bits per heavy atom. The number of carbonyl (C=O) groups excluding carboxylic acids is 1. The van der Waals surface area contributed by atoms with Crippen LogP contribution in [0.15, 0.2) is 24.3 Å². The predicted octanol–water partition coefficient (Wildman–Crippen LogP) is 3.04. The summed E-state index contributed by atoms with van der Waals surface area (Å²) in [6.45, 7) is 0. The highest BCUT2D eigenvalue weighted by molar-refractivity contribution is 6.54. The van der Waals surface area contributed by atoms with Crippen molar-refractivity contribution in [2.75, 3.05) is 26.6 Å². The number of amides is 1. The van der Waals surface area contributed by atoms with Crippen molar-refractivity contribution in [3.05, 3.63) is 29.8 Å². The number of fused-ring (bicyclic) bond motifs is 2. The number of anilines is 1. The van der Waals surface area contributed by atoms with Gasteiger partial charge in [0.1, 0.15) is 5.71 Å². The average molecular weight is 352 g/mol. The van der Waals surface area contributed by atoms with Crippen LogP contribution in [-0.4, -0.2) is 38.1 Å². The molecule has 4 rings (SSSR count). The first-order valence-electron chi connectivity index (χ1n) is 7.84. The maximum absolute atomic E-state index is 12.3. The zero-order valence-corrected chi connectivity index (χ0v) is 14.4. The molecular weight excluding hydrogens is 336 g/mol. The molecule has 1 amide bonds. The van der Waals surface area contributed by atoms with Crippen molar-refractivity contribution < 1.29 is 24.1 Å².